The minimum Gasteiger partial charge on any atom is -0.497 e. The number of amides is 3. The van der Waals surface area contributed by atoms with E-state index >= 15 is 0 Å². The lowest BCUT2D eigenvalue weighted by molar-refractivity contribution is -0.137. The lowest BCUT2D eigenvalue weighted by atomic mass is 9.94. The zero-order valence-electron chi connectivity index (χ0n) is 18.1. The molecule has 4 rings (SSSR count). The molecule has 3 saturated heterocycles. The first-order chi connectivity index (χ1) is 14.6. The molecule has 7 heteroatoms. The van der Waals surface area contributed by atoms with Crippen molar-refractivity contribution >= 4 is 11.9 Å². The highest BCUT2D eigenvalue weighted by molar-refractivity contribution is 5.81. The molecule has 0 saturated carbocycles. The summed E-state index contributed by atoms with van der Waals surface area (Å²) in [6.45, 7) is 3.88. The van der Waals surface area contributed by atoms with E-state index in [2.05, 4.69) is 0 Å². The highest BCUT2D eigenvalue weighted by Crippen LogP contribution is 2.40. The second-order valence-corrected chi connectivity index (χ2v) is 8.54. The van der Waals surface area contributed by atoms with Gasteiger partial charge in [-0.15, -0.1) is 0 Å². The molecule has 3 aliphatic heterocycles. The Balaban J connectivity index is 1.40. The summed E-state index contributed by atoms with van der Waals surface area (Å²) in [5.41, 5.74) is 1.05. The molecule has 1 aromatic rings. The molecule has 1 unspecified atom stereocenters. The Morgan fingerprint density at radius 3 is 2.23 bits per heavy atom. The van der Waals surface area contributed by atoms with Gasteiger partial charge in [-0.25, -0.2) is 4.79 Å². The molecule has 0 aromatic heterocycles. The van der Waals surface area contributed by atoms with Gasteiger partial charge in [-0.1, -0.05) is 0 Å². The number of rotatable bonds is 4. The molecule has 0 N–H and O–H groups in total. The average molecular weight is 416 g/mol. The van der Waals surface area contributed by atoms with Crippen LogP contribution in [0.5, 0.6) is 11.5 Å². The number of methoxy groups -OCH3 is 2. The van der Waals surface area contributed by atoms with Crippen molar-refractivity contribution in [2.75, 3.05) is 46.9 Å². The third-order valence-corrected chi connectivity index (χ3v) is 6.83. The molecule has 3 amide bonds. The van der Waals surface area contributed by atoms with Gasteiger partial charge in [-0.3, -0.25) is 4.79 Å². The van der Waals surface area contributed by atoms with Gasteiger partial charge in [0.15, 0.2) is 0 Å². The van der Waals surface area contributed by atoms with E-state index in [1.54, 1.807) is 14.2 Å². The molecular formula is C23H33N3O4. The second-order valence-electron chi connectivity index (χ2n) is 8.54. The summed E-state index contributed by atoms with van der Waals surface area (Å²) in [4.78, 5) is 31.9. The van der Waals surface area contributed by atoms with Crippen LogP contribution in [0.15, 0.2) is 18.2 Å². The molecular weight excluding hydrogens is 382 g/mol. The number of nitrogens with zero attached hydrogens (tertiary/aromatic N) is 3. The Kier molecular flexibility index (Phi) is 6.35. The smallest absolute Gasteiger partial charge is 0.319 e. The fraction of sp³-hybridized carbons (Fsp3) is 0.652. The van der Waals surface area contributed by atoms with Crippen LogP contribution in [0.1, 0.15) is 50.1 Å². The van der Waals surface area contributed by atoms with E-state index in [1.807, 2.05) is 32.9 Å². The molecule has 0 radical (unpaired) electrons. The molecule has 0 aliphatic carbocycles. The van der Waals surface area contributed by atoms with Crippen molar-refractivity contribution in [1.29, 1.82) is 0 Å². The van der Waals surface area contributed by atoms with Crippen LogP contribution < -0.4 is 9.47 Å². The monoisotopic (exact) mass is 415 g/mol. The van der Waals surface area contributed by atoms with Crippen molar-refractivity contribution in [3.05, 3.63) is 23.8 Å². The Bertz CT molecular complexity index is 770. The van der Waals surface area contributed by atoms with Crippen molar-refractivity contribution in [2.45, 2.75) is 44.6 Å². The highest BCUT2D eigenvalue weighted by Gasteiger charge is 2.37. The quantitative estimate of drug-likeness (QED) is 0.757. The molecule has 0 spiro atoms. The lowest BCUT2D eigenvalue weighted by Gasteiger charge is -2.36. The normalized spacial score (nSPS) is 22.5. The maximum Gasteiger partial charge on any atom is 0.319 e. The Morgan fingerprint density at radius 1 is 0.867 bits per heavy atom. The number of piperidine rings is 1. The maximum absolute atomic E-state index is 13.4. The third kappa shape index (κ3) is 4.07. The maximum atomic E-state index is 13.4. The zero-order valence-corrected chi connectivity index (χ0v) is 18.1. The molecule has 30 heavy (non-hydrogen) atoms. The topological polar surface area (TPSA) is 62.3 Å². The first-order valence-corrected chi connectivity index (χ1v) is 11.2. The number of hydrogen-bond acceptors (Lipinski definition) is 4. The number of carbonyl (C=O) groups excluding carboxylic acids is 2. The van der Waals surface area contributed by atoms with Crippen LogP contribution in [-0.2, 0) is 4.79 Å². The zero-order chi connectivity index (χ0) is 21.1. The molecule has 1 atom stereocenters. The van der Waals surface area contributed by atoms with Crippen LogP contribution in [0.2, 0.25) is 0 Å². The van der Waals surface area contributed by atoms with Crippen LogP contribution in [0.4, 0.5) is 4.79 Å². The number of hydrogen-bond donors (Lipinski definition) is 0. The standard InChI is InChI=1S/C23H33N3O4/c1-29-18-7-8-19(21(16-18)30-2)20-6-5-13-26(20)22(27)17-9-14-25(15-10-17)23(28)24-11-3-4-12-24/h7-8,16-17,20H,3-6,9-15H2,1-2H3. The van der Waals surface area contributed by atoms with Gasteiger partial charge < -0.3 is 24.2 Å². The number of benzene rings is 1. The predicted molar refractivity (Wildman–Crippen MR) is 114 cm³/mol. The molecule has 3 fully saturated rings. The van der Waals surface area contributed by atoms with Gasteiger partial charge in [0, 0.05) is 50.3 Å². The number of urea groups is 1. The van der Waals surface area contributed by atoms with Crippen molar-refractivity contribution in [3.63, 3.8) is 0 Å². The van der Waals surface area contributed by atoms with Crippen molar-refractivity contribution in [3.8, 4) is 11.5 Å². The van der Waals surface area contributed by atoms with E-state index in [-0.39, 0.29) is 23.9 Å². The van der Waals surface area contributed by atoms with E-state index in [9.17, 15) is 9.59 Å². The molecule has 0 bridgehead atoms. The van der Waals surface area contributed by atoms with Gasteiger partial charge in [0.2, 0.25) is 5.91 Å². The van der Waals surface area contributed by atoms with Gasteiger partial charge in [0.1, 0.15) is 11.5 Å². The molecule has 164 valence electrons. The van der Waals surface area contributed by atoms with Crippen LogP contribution in [0.25, 0.3) is 0 Å². The van der Waals surface area contributed by atoms with Gasteiger partial charge in [0.05, 0.1) is 20.3 Å². The van der Waals surface area contributed by atoms with E-state index in [0.29, 0.717) is 13.1 Å². The molecule has 3 aliphatic rings. The van der Waals surface area contributed by atoms with E-state index < -0.39 is 0 Å². The lowest BCUT2D eigenvalue weighted by Crippen LogP contribution is -2.48. The summed E-state index contributed by atoms with van der Waals surface area (Å²) < 4.78 is 10.9. The number of carbonyl (C=O) groups is 2. The van der Waals surface area contributed by atoms with Crippen molar-refractivity contribution in [2.24, 2.45) is 5.92 Å². The van der Waals surface area contributed by atoms with E-state index in [1.165, 1.54) is 0 Å². The summed E-state index contributed by atoms with van der Waals surface area (Å²) in [5, 5.41) is 0. The first-order valence-electron chi connectivity index (χ1n) is 11.2. The van der Waals surface area contributed by atoms with Gasteiger partial charge in [0.25, 0.3) is 0 Å². The SMILES string of the molecule is COc1ccc(C2CCCN2C(=O)C2CCN(C(=O)N3CCCC3)CC2)c(OC)c1. The van der Waals surface area contributed by atoms with Crippen LogP contribution in [-0.4, -0.2) is 73.6 Å². The van der Waals surface area contributed by atoms with Crippen molar-refractivity contribution < 1.29 is 19.1 Å². The van der Waals surface area contributed by atoms with E-state index in [0.717, 1.165) is 75.2 Å². The Hall–Kier alpha value is -2.44. The molecule has 1 aromatic carbocycles. The highest BCUT2D eigenvalue weighted by atomic mass is 16.5. The largest absolute Gasteiger partial charge is 0.497 e. The van der Waals surface area contributed by atoms with Gasteiger partial charge in [-0.05, 0) is 50.7 Å². The van der Waals surface area contributed by atoms with E-state index in [4.69, 9.17) is 9.47 Å². The number of ether oxygens (including phenoxy) is 2. The minimum atomic E-state index is -0.00234. The van der Waals surface area contributed by atoms with Crippen LogP contribution >= 0.6 is 0 Å². The van der Waals surface area contributed by atoms with Gasteiger partial charge in [-0.2, -0.15) is 0 Å². The summed E-state index contributed by atoms with van der Waals surface area (Å²) in [6, 6.07) is 6.04. The summed E-state index contributed by atoms with van der Waals surface area (Å²) >= 11 is 0. The van der Waals surface area contributed by atoms with Crippen molar-refractivity contribution in [1.82, 2.24) is 14.7 Å². The first kappa shape index (κ1) is 20.8. The Morgan fingerprint density at radius 2 is 1.57 bits per heavy atom. The predicted octanol–water partition coefficient (Wildman–Crippen LogP) is 3.30. The fourth-order valence-electron chi connectivity index (χ4n) is 5.11. The summed E-state index contributed by atoms with van der Waals surface area (Å²) in [6.07, 6.45) is 5.65. The fourth-order valence-corrected chi connectivity index (χ4v) is 5.11. The molecule has 3 heterocycles. The van der Waals surface area contributed by atoms with Crippen LogP contribution in [0.3, 0.4) is 0 Å². The summed E-state index contributed by atoms with van der Waals surface area (Å²) in [7, 11) is 3.30. The summed E-state index contributed by atoms with van der Waals surface area (Å²) in [5.74, 6) is 1.74. The molecule has 7 nitrogen and oxygen atoms in total. The third-order valence-electron chi connectivity index (χ3n) is 6.83. The van der Waals surface area contributed by atoms with Gasteiger partial charge >= 0.3 is 6.03 Å². The van der Waals surface area contributed by atoms with Crippen LogP contribution in [0, 0.1) is 5.92 Å². The number of likely N-dealkylation sites (tertiary alicyclic amines) is 3. The minimum absolute atomic E-state index is 0.00234. The Labute approximate surface area is 178 Å². The average Bonchev–Trinajstić information content (AvgIpc) is 3.50. The second kappa shape index (κ2) is 9.14.